The molecule has 128 valence electrons. The lowest BCUT2D eigenvalue weighted by atomic mass is 9.84. The lowest BCUT2D eigenvalue weighted by Crippen LogP contribution is -2.40. The van der Waals surface area contributed by atoms with Gasteiger partial charge in [-0.05, 0) is 42.5 Å². The summed E-state index contributed by atoms with van der Waals surface area (Å²) >= 11 is 0. The molecule has 3 unspecified atom stereocenters. The van der Waals surface area contributed by atoms with E-state index in [2.05, 4.69) is 10.3 Å². The molecule has 3 atom stereocenters. The highest BCUT2D eigenvalue weighted by molar-refractivity contribution is 5.30. The molecule has 1 N–H and O–H groups in total. The van der Waals surface area contributed by atoms with Crippen molar-refractivity contribution in [2.75, 3.05) is 0 Å². The van der Waals surface area contributed by atoms with E-state index in [0.29, 0.717) is 6.42 Å². The van der Waals surface area contributed by atoms with Crippen LogP contribution in [0.2, 0.25) is 0 Å². The third-order valence-corrected chi connectivity index (χ3v) is 4.71. The second-order valence-electron chi connectivity index (χ2n) is 6.39. The van der Waals surface area contributed by atoms with Gasteiger partial charge in [0.2, 0.25) is 0 Å². The van der Waals surface area contributed by atoms with Crippen LogP contribution in [0.4, 0.5) is 13.2 Å². The van der Waals surface area contributed by atoms with E-state index in [0.717, 1.165) is 17.5 Å². The first-order valence-corrected chi connectivity index (χ1v) is 8.31. The van der Waals surface area contributed by atoms with E-state index < -0.39 is 12.1 Å². The number of alkyl halides is 3. The maximum Gasteiger partial charge on any atom is 0.391 e. The Morgan fingerprint density at radius 2 is 1.62 bits per heavy atom. The highest BCUT2D eigenvalue weighted by Gasteiger charge is 2.42. The largest absolute Gasteiger partial charge is 0.391 e. The predicted molar refractivity (Wildman–Crippen MR) is 87.5 cm³/mol. The number of halogens is 3. The topological polar surface area (TPSA) is 24.9 Å². The number of hydrogen-bond donors (Lipinski definition) is 1. The zero-order chi connectivity index (χ0) is 17.0. The molecule has 0 spiro atoms. The van der Waals surface area contributed by atoms with Crippen LogP contribution in [0.1, 0.15) is 42.9 Å². The van der Waals surface area contributed by atoms with Gasteiger partial charge in [0.05, 0.1) is 12.0 Å². The molecule has 0 aliphatic heterocycles. The van der Waals surface area contributed by atoms with Crippen molar-refractivity contribution in [1.29, 1.82) is 0 Å². The Morgan fingerprint density at radius 3 is 2.29 bits per heavy atom. The lowest BCUT2D eigenvalue weighted by Gasteiger charge is -2.34. The van der Waals surface area contributed by atoms with Gasteiger partial charge in [0.25, 0.3) is 0 Å². The van der Waals surface area contributed by atoms with Crippen molar-refractivity contribution in [3.63, 3.8) is 0 Å². The van der Waals surface area contributed by atoms with Crippen molar-refractivity contribution < 1.29 is 13.2 Å². The van der Waals surface area contributed by atoms with Gasteiger partial charge in [0.1, 0.15) is 0 Å². The second-order valence-corrected chi connectivity index (χ2v) is 6.39. The quantitative estimate of drug-likeness (QED) is 0.862. The summed E-state index contributed by atoms with van der Waals surface area (Å²) in [4.78, 5) is 4.04. The lowest BCUT2D eigenvalue weighted by molar-refractivity contribution is -0.183. The van der Waals surface area contributed by atoms with Crippen LogP contribution < -0.4 is 5.32 Å². The zero-order valence-electron chi connectivity index (χ0n) is 13.3. The van der Waals surface area contributed by atoms with Crippen LogP contribution in [0.25, 0.3) is 0 Å². The number of rotatable bonds is 4. The molecule has 0 radical (unpaired) electrons. The number of nitrogens with zero attached hydrogens (tertiary/aromatic N) is 1. The molecule has 5 heteroatoms. The molecule has 24 heavy (non-hydrogen) atoms. The van der Waals surface area contributed by atoms with Gasteiger partial charge in [-0.25, -0.2) is 0 Å². The minimum absolute atomic E-state index is 0.119. The van der Waals surface area contributed by atoms with Gasteiger partial charge in [0, 0.05) is 18.4 Å². The first-order chi connectivity index (χ1) is 11.5. The molecule has 1 aliphatic rings. The molecule has 2 aromatic rings. The number of benzene rings is 1. The van der Waals surface area contributed by atoms with Gasteiger partial charge in [-0.3, -0.25) is 4.98 Å². The zero-order valence-corrected chi connectivity index (χ0v) is 13.3. The molecule has 2 nitrogen and oxygen atoms in total. The monoisotopic (exact) mass is 334 g/mol. The Bertz CT molecular complexity index is 589. The number of nitrogens with one attached hydrogen (secondary N) is 1. The van der Waals surface area contributed by atoms with E-state index in [1.807, 2.05) is 42.5 Å². The summed E-state index contributed by atoms with van der Waals surface area (Å²) in [5.41, 5.74) is 2.07. The van der Waals surface area contributed by atoms with E-state index >= 15 is 0 Å². The molecule has 0 amide bonds. The van der Waals surface area contributed by atoms with Gasteiger partial charge >= 0.3 is 6.18 Å². The van der Waals surface area contributed by atoms with E-state index in [1.165, 1.54) is 0 Å². The molecule has 0 bridgehead atoms. The minimum Gasteiger partial charge on any atom is -0.303 e. The van der Waals surface area contributed by atoms with E-state index in [9.17, 15) is 13.2 Å². The molecule has 1 heterocycles. The average Bonchev–Trinajstić information content (AvgIpc) is 2.61. The third-order valence-electron chi connectivity index (χ3n) is 4.71. The Hall–Kier alpha value is -1.88. The SMILES string of the molecule is FC(F)(F)C1CCCC(NC(c2ccccc2)c2ccncc2)C1. The van der Waals surface area contributed by atoms with Crippen LogP contribution in [-0.2, 0) is 0 Å². The minimum atomic E-state index is -4.10. The van der Waals surface area contributed by atoms with E-state index in [-0.39, 0.29) is 24.9 Å². The fourth-order valence-corrected chi connectivity index (χ4v) is 3.46. The first kappa shape index (κ1) is 17.0. The maximum atomic E-state index is 13.1. The fraction of sp³-hybridized carbons (Fsp3) is 0.421. The van der Waals surface area contributed by atoms with Crippen molar-refractivity contribution >= 4 is 0 Å². The van der Waals surface area contributed by atoms with Crippen LogP contribution in [0.3, 0.4) is 0 Å². The van der Waals surface area contributed by atoms with Crippen LogP contribution in [0.5, 0.6) is 0 Å². The van der Waals surface area contributed by atoms with Crippen molar-refractivity contribution in [2.24, 2.45) is 5.92 Å². The summed E-state index contributed by atoms with van der Waals surface area (Å²) in [5.74, 6) is -1.20. The molecular formula is C19H21F3N2. The smallest absolute Gasteiger partial charge is 0.303 e. The standard InChI is InChI=1S/C19H21F3N2/c20-19(21,22)16-7-4-8-17(13-16)24-18(14-5-2-1-3-6-14)15-9-11-23-12-10-15/h1-3,5-6,9-12,16-18,24H,4,7-8,13H2. The Labute approximate surface area is 140 Å². The summed E-state index contributed by atoms with van der Waals surface area (Å²) in [7, 11) is 0. The van der Waals surface area contributed by atoms with Crippen LogP contribution in [-0.4, -0.2) is 17.2 Å². The highest BCUT2D eigenvalue weighted by Crippen LogP contribution is 2.38. The Balaban J connectivity index is 1.80. The number of pyridine rings is 1. The van der Waals surface area contributed by atoms with Crippen molar-refractivity contribution in [3.8, 4) is 0 Å². The Morgan fingerprint density at radius 1 is 0.958 bits per heavy atom. The van der Waals surface area contributed by atoms with E-state index in [4.69, 9.17) is 0 Å². The summed E-state index contributed by atoms with van der Waals surface area (Å²) in [5, 5.41) is 3.46. The molecular weight excluding hydrogens is 313 g/mol. The molecule has 1 saturated carbocycles. The predicted octanol–water partition coefficient (Wildman–Crippen LogP) is 4.88. The maximum absolute atomic E-state index is 13.1. The summed E-state index contributed by atoms with van der Waals surface area (Å²) in [6.07, 6.45) is 1.11. The van der Waals surface area contributed by atoms with Crippen molar-refractivity contribution in [3.05, 3.63) is 66.0 Å². The second kappa shape index (κ2) is 7.34. The molecule has 1 fully saturated rings. The van der Waals surface area contributed by atoms with Gasteiger partial charge in [0.15, 0.2) is 0 Å². The van der Waals surface area contributed by atoms with Gasteiger partial charge in [-0.1, -0.05) is 36.8 Å². The van der Waals surface area contributed by atoms with E-state index in [1.54, 1.807) is 12.4 Å². The molecule has 0 saturated heterocycles. The average molecular weight is 334 g/mol. The summed E-state index contributed by atoms with van der Waals surface area (Å²) in [6.45, 7) is 0. The highest BCUT2D eigenvalue weighted by atomic mass is 19.4. The van der Waals surface area contributed by atoms with Crippen LogP contribution in [0.15, 0.2) is 54.9 Å². The molecule has 1 aromatic heterocycles. The van der Waals surface area contributed by atoms with Crippen LogP contribution >= 0.6 is 0 Å². The summed E-state index contributed by atoms with van der Waals surface area (Å²) in [6, 6.07) is 13.4. The number of hydrogen-bond acceptors (Lipinski definition) is 2. The van der Waals surface area contributed by atoms with Crippen LogP contribution in [0, 0.1) is 5.92 Å². The first-order valence-electron chi connectivity index (χ1n) is 8.31. The molecule has 1 aromatic carbocycles. The van der Waals surface area contributed by atoms with Crippen molar-refractivity contribution in [1.82, 2.24) is 10.3 Å². The molecule has 1 aliphatic carbocycles. The summed E-state index contributed by atoms with van der Waals surface area (Å²) < 4.78 is 39.2. The Kier molecular flexibility index (Phi) is 5.19. The van der Waals surface area contributed by atoms with Gasteiger partial charge < -0.3 is 5.32 Å². The van der Waals surface area contributed by atoms with Crippen molar-refractivity contribution in [2.45, 2.75) is 43.9 Å². The van der Waals surface area contributed by atoms with Gasteiger partial charge in [-0.15, -0.1) is 0 Å². The van der Waals surface area contributed by atoms with Gasteiger partial charge in [-0.2, -0.15) is 13.2 Å². The molecule has 3 rings (SSSR count). The fourth-order valence-electron chi connectivity index (χ4n) is 3.46. The third kappa shape index (κ3) is 4.15. The number of aromatic nitrogens is 1. The normalized spacial score (nSPS) is 23.0.